The molecule has 0 atom stereocenters. The number of ether oxygens (including phenoxy) is 1. The van der Waals surface area contributed by atoms with Crippen LogP contribution in [0, 0.1) is 0 Å². The number of para-hydroxylation sites is 1. The van der Waals surface area contributed by atoms with Crippen molar-refractivity contribution in [2.24, 2.45) is 0 Å². The van der Waals surface area contributed by atoms with Crippen LogP contribution in [0.15, 0.2) is 35.0 Å². The van der Waals surface area contributed by atoms with Crippen LogP contribution in [0.1, 0.15) is 0 Å². The molecule has 0 aliphatic heterocycles. The Balaban J connectivity index is 2.54. The Kier molecular flexibility index (Phi) is 2.41. The molecule has 0 aliphatic carbocycles. The first-order valence-corrected chi connectivity index (χ1v) is 5.22. The molecule has 0 saturated carbocycles. The second-order valence-electron chi connectivity index (χ2n) is 2.93. The number of benzene rings is 1. The van der Waals surface area contributed by atoms with Crippen LogP contribution in [0.5, 0.6) is 5.75 Å². The summed E-state index contributed by atoms with van der Waals surface area (Å²) in [6, 6.07) is 7.86. The molecule has 2 aromatic rings. The molecule has 14 heavy (non-hydrogen) atoms. The maximum atomic E-state index is 5.96. The Morgan fingerprint density at radius 1 is 1.29 bits per heavy atom. The van der Waals surface area contributed by atoms with E-state index in [4.69, 9.17) is 10.5 Å². The molecular formula is C11H11NOS. The van der Waals surface area contributed by atoms with Crippen molar-refractivity contribution in [3.05, 3.63) is 35.0 Å². The van der Waals surface area contributed by atoms with Gasteiger partial charge in [0.25, 0.3) is 0 Å². The lowest BCUT2D eigenvalue weighted by molar-refractivity contribution is 0.417. The molecule has 0 amide bonds. The third-order valence-corrected chi connectivity index (χ3v) is 2.80. The van der Waals surface area contributed by atoms with Gasteiger partial charge in [-0.2, -0.15) is 11.3 Å². The number of hydrogen-bond donors (Lipinski definition) is 1. The Hall–Kier alpha value is -1.48. The van der Waals surface area contributed by atoms with E-state index < -0.39 is 0 Å². The molecule has 2 nitrogen and oxygen atoms in total. The van der Waals surface area contributed by atoms with Gasteiger partial charge >= 0.3 is 0 Å². The van der Waals surface area contributed by atoms with E-state index in [1.165, 1.54) is 0 Å². The van der Waals surface area contributed by atoms with Crippen molar-refractivity contribution in [3.63, 3.8) is 0 Å². The van der Waals surface area contributed by atoms with Gasteiger partial charge < -0.3 is 10.5 Å². The van der Waals surface area contributed by atoms with Crippen LogP contribution in [0.2, 0.25) is 0 Å². The molecule has 0 unspecified atom stereocenters. The van der Waals surface area contributed by atoms with Gasteiger partial charge in [-0.25, -0.2) is 0 Å². The number of nitrogens with two attached hydrogens (primary N) is 1. The lowest BCUT2D eigenvalue weighted by atomic mass is 10.1. The zero-order chi connectivity index (χ0) is 9.97. The minimum Gasteiger partial charge on any atom is -0.495 e. The first kappa shape index (κ1) is 9.09. The number of anilines is 1. The van der Waals surface area contributed by atoms with Gasteiger partial charge in [-0.3, -0.25) is 0 Å². The van der Waals surface area contributed by atoms with E-state index in [-0.39, 0.29) is 0 Å². The third-order valence-electron chi connectivity index (χ3n) is 2.12. The largest absolute Gasteiger partial charge is 0.495 e. The van der Waals surface area contributed by atoms with E-state index in [1.54, 1.807) is 18.4 Å². The summed E-state index contributed by atoms with van der Waals surface area (Å²) in [7, 11) is 1.63. The number of methoxy groups -OCH3 is 1. The minimum atomic E-state index is 0.702. The number of thiophene rings is 1. The molecule has 1 aromatic heterocycles. The summed E-state index contributed by atoms with van der Waals surface area (Å²) in [6.07, 6.45) is 0. The van der Waals surface area contributed by atoms with Gasteiger partial charge in [0.05, 0.1) is 12.8 Å². The van der Waals surface area contributed by atoms with E-state index in [0.29, 0.717) is 5.69 Å². The van der Waals surface area contributed by atoms with Gasteiger partial charge in [-0.05, 0) is 28.5 Å². The zero-order valence-corrected chi connectivity index (χ0v) is 8.67. The first-order valence-electron chi connectivity index (χ1n) is 4.28. The molecule has 3 heteroatoms. The smallest absolute Gasteiger partial charge is 0.142 e. The van der Waals surface area contributed by atoms with Crippen molar-refractivity contribution in [1.82, 2.24) is 0 Å². The molecule has 72 valence electrons. The highest BCUT2D eigenvalue weighted by molar-refractivity contribution is 7.08. The van der Waals surface area contributed by atoms with Crippen LogP contribution < -0.4 is 10.5 Å². The molecule has 1 aromatic carbocycles. The number of rotatable bonds is 2. The summed E-state index contributed by atoms with van der Waals surface area (Å²) in [4.78, 5) is 0. The highest BCUT2D eigenvalue weighted by atomic mass is 32.1. The maximum absolute atomic E-state index is 5.96. The first-order chi connectivity index (χ1) is 6.83. The summed E-state index contributed by atoms with van der Waals surface area (Å²) in [5, 5.41) is 4.11. The van der Waals surface area contributed by atoms with Gasteiger partial charge in [0, 0.05) is 5.56 Å². The van der Waals surface area contributed by atoms with E-state index >= 15 is 0 Å². The summed E-state index contributed by atoms with van der Waals surface area (Å²) >= 11 is 1.66. The fourth-order valence-corrected chi connectivity index (χ4v) is 2.05. The highest BCUT2D eigenvalue weighted by Gasteiger charge is 2.06. The van der Waals surface area contributed by atoms with Crippen molar-refractivity contribution in [2.75, 3.05) is 12.8 Å². The molecule has 2 rings (SSSR count). The van der Waals surface area contributed by atoms with Gasteiger partial charge in [0.1, 0.15) is 5.75 Å². The van der Waals surface area contributed by atoms with Gasteiger partial charge in [-0.1, -0.05) is 12.1 Å². The van der Waals surface area contributed by atoms with Crippen LogP contribution in [0.3, 0.4) is 0 Å². The Morgan fingerprint density at radius 3 is 2.79 bits per heavy atom. The summed E-state index contributed by atoms with van der Waals surface area (Å²) < 4.78 is 5.16. The molecule has 0 bridgehead atoms. The lowest BCUT2D eigenvalue weighted by Gasteiger charge is -2.08. The van der Waals surface area contributed by atoms with Crippen molar-refractivity contribution in [2.45, 2.75) is 0 Å². The molecule has 0 saturated heterocycles. The van der Waals surface area contributed by atoms with Gasteiger partial charge in [-0.15, -0.1) is 0 Å². The fourth-order valence-electron chi connectivity index (χ4n) is 1.39. The predicted molar refractivity (Wildman–Crippen MR) is 60.7 cm³/mol. The van der Waals surface area contributed by atoms with Crippen LogP contribution >= 0.6 is 11.3 Å². The lowest BCUT2D eigenvalue weighted by Crippen LogP contribution is -1.94. The molecule has 0 aliphatic rings. The topological polar surface area (TPSA) is 35.2 Å². The normalized spacial score (nSPS) is 10.1. The average Bonchev–Trinajstić information content (AvgIpc) is 2.71. The van der Waals surface area contributed by atoms with Crippen molar-refractivity contribution in [3.8, 4) is 16.9 Å². The summed E-state index contributed by atoms with van der Waals surface area (Å²) in [6.45, 7) is 0. The minimum absolute atomic E-state index is 0.702. The molecule has 1 heterocycles. The highest BCUT2D eigenvalue weighted by Crippen LogP contribution is 2.33. The summed E-state index contributed by atoms with van der Waals surface area (Å²) in [5.74, 6) is 0.730. The number of hydrogen-bond acceptors (Lipinski definition) is 3. The van der Waals surface area contributed by atoms with Crippen molar-refractivity contribution < 1.29 is 4.74 Å². The maximum Gasteiger partial charge on any atom is 0.142 e. The van der Waals surface area contributed by atoms with Crippen LogP contribution in [-0.2, 0) is 0 Å². The Morgan fingerprint density at radius 2 is 2.14 bits per heavy atom. The van der Waals surface area contributed by atoms with Gasteiger partial charge in [0.2, 0.25) is 0 Å². The average molecular weight is 205 g/mol. The molecular weight excluding hydrogens is 194 g/mol. The zero-order valence-electron chi connectivity index (χ0n) is 7.86. The molecule has 2 N–H and O–H groups in total. The second-order valence-corrected chi connectivity index (χ2v) is 3.71. The Bertz CT molecular complexity index is 423. The fraction of sp³-hybridized carbons (Fsp3) is 0.0909. The standard InChI is InChI=1S/C11H11NOS/c1-13-10-4-2-3-9(11(10)12)8-5-6-14-7-8/h2-7H,12H2,1H3. The van der Waals surface area contributed by atoms with E-state index in [9.17, 15) is 0 Å². The predicted octanol–water partition coefficient (Wildman–Crippen LogP) is 3.01. The van der Waals surface area contributed by atoms with E-state index in [2.05, 4.69) is 11.4 Å². The van der Waals surface area contributed by atoms with E-state index in [1.807, 2.05) is 23.6 Å². The third kappa shape index (κ3) is 1.46. The summed E-state index contributed by atoms with van der Waals surface area (Å²) in [5.41, 5.74) is 8.84. The number of nitrogen functional groups attached to an aromatic ring is 1. The van der Waals surface area contributed by atoms with Gasteiger partial charge in [0.15, 0.2) is 0 Å². The van der Waals surface area contributed by atoms with Crippen LogP contribution in [0.25, 0.3) is 11.1 Å². The van der Waals surface area contributed by atoms with Crippen LogP contribution in [0.4, 0.5) is 5.69 Å². The molecule has 0 radical (unpaired) electrons. The molecule has 0 fully saturated rings. The van der Waals surface area contributed by atoms with E-state index in [0.717, 1.165) is 16.9 Å². The molecule has 0 spiro atoms. The quantitative estimate of drug-likeness (QED) is 0.765. The second kappa shape index (κ2) is 3.72. The monoisotopic (exact) mass is 205 g/mol. The van der Waals surface area contributed by atoms with Crippen LogP contribution in [-0.4, -0.2) is 7.11 Å². The van der Waals surface area contributed by atoms with Crippen molar-refractivity contribution >= 4 is 17.0 Å². The van der Waals surface area contributed by atoms with Crippen molar-refractivity contribution in [1.29, 1.82) is 0 Å². The Labute approximate surface area is 86.9 Å². The SMILES string of the molecule is COc1cccc(-c2ccsc2)c1N.